The molecule has 0 aliphatic carbocycles. The number of benzene rings is 2. The standard InChI is InChI=1S/C24H27ClN2O6/c1-14-12-20(21(32-5)13-19(14)25)27-23(29)16(3)33-24(30)15(2)26-22(28)11-8-17-6-9-18(31-4)10-7-17/h6-13,15-16H,1-5H3,(H,26,28)(H,27,29)/b11-8+/t15-,16?/m0/s1. The molecule has 2 aromatic carbocycles. The highest BCUT2D eigenvalue weighted by atomic mass is 35.5. The summed E-state index contributed by atoms with van der Waals surface area (Å²) in [6.07, 6.45) is 1.80. The van der Waals surface area contributed by atoms with Crippen LogP contribution in [0.15, 0.2) is 42.5 Å². The molecule has 0 aliphatic heterocycles. The number of anilines is 1. The Bertz CT molecular complexity index is 1040. The summed E-state index contributed by atoms with van der Waals surface area (Å²) in [6, 6.07) is 9.40. The largest absolute Gasteiger partial charge is 0.497 e. The van der Waals surface area contributed by atoms with Crippen molar-refractivity contribution in [2.24, 2.45) is 0 Å². The number of aryl methyl sites for hydroxylation is 1. The third kappa shape index (κ3) is 7.54. The molecule has 2 amide bonds. The highest BCUT2D eigenvalue weighted by Gasteiger charge is 2.23. The second-order valence-electron chi connectivity index (χ2n) is 7.21. The fraction of sp³-hybridized carbons (Fsp3) is 0.292. The second kappa shape index (κ2) is 11.9. The topological polar surface area (TPSA) is 103 Å². The molecule has 0 saturated carbocycles. The normalized spacial score (nSPS) is 12.5. The van der Waals surface area contributed by atoms with E-state index in [1.54, 1.807) is 56.5 Å². The van der Waals surface area contributed by atoms with E-state index < -0.39 is 29.9 Å². The van der Waals surface area contributed by atoms with Gasteiger partial charge in [-0.1, -0.05) is 23.7 Å². The number of hydrogen-bond acceptors (Lipinski definition) is 6. The summed E-state index contributed by atoms with van der Waals surface area (Å²) in [5.41, 5.74) is 1.94. The molecular weight excluding hydrogens is 448 g/mol. The van der Waals surface area contributed by atoms with Crippen LogP contribution < -0.4 is 20.1 Å². The van der Waals surface area contributed by atoms with E-state index in [4.69, 9.17) is 25.8 Å². The van der Waals surface area contributed by atoms with Gasteiger partial charge in [-0.3, -0.25) is 9.59 Å². The summed E-state index contributed by atoms with van der Waals surface area (Å²) >= 11 is 6.07. The van der Waals surface area contributed by atoms with Crippen molar-refractivity contribution in [3.8, 4) is 11.5 Å². The van der Waals surface area contributed by atoms with Crippen LogP contribution in [-0.2, 0) is 19.1 Å². The van der Waals surface area contributed by atoms with E-state index in [0.29, 0.717) is 22.2 Å². The zero-order chi connectivity index (χ0) is 24.5. The highest BCUT2D eigenvalue weighted by Crippen LogP contribution is 2.31. The fourth-order valence-corrected chi connectivity index (χ4v) is 2.86. The molecule has 0 fully saturated rings. The molecule has 8 nitrogen and oxygen atoms in total. The first-order valence-corrected chi connectivity index (χ1v) is 10.5. The number of nitrogens with one attached hydrogen (secondary N) is 2. The van der Waals surface area contributed by atoms with E-state index in [1.807, 2.05) is 0 Å². The summed E-state index contributed by atoms with van der Waals surface area (Å²) in [5.74, 6) is -0.698. The third-order valence-electron chi connectivity index (χ3n) is 4.66. The van der Waals surface area contributed by atoms with Crippen molar-refractivity contribution < 1.29 is 28.6 Å². The zero-order valence-electron chi connectivity index (χ0n) is 19.1. The van der Waals surface area contributed by atoms with Crippen LogP contribution in [0.4, 0.5) is 5.69 Å². The predicted octanol–water partition coefficient (Wildman–Crippen LogP) is 3.75. The molecule has 2 N–H and O–H groups in total. The van der Waals surface area contributed by atoms with Crippen molar-refractivity contribution in [2.75, 3.05) is 19.5 Å². The first-order chi connectivity index (χ1) is 15.6. The monoisotopic (exact) mass is 474 g/mol. The molecule has 0 bridgehead atoms. The molecule has 2 rings (SSSR count). The first-order valence-electron chi connectivity index (χ1n) is 10.1. The zero-order valence-corrected chi connectivity index (χ0v) is 19.9. The van der Waals surface area contributed by atoms with Gasteiger partial charge in [0.2, 0.25) is 5.91 Å². The average Bonchev–Trinajstić information content (AvgIpc) is 2.79. The summed E-state index contributed by atoms with van der Waals surface area (Å²) in [4.78, 5) is 36.9. The van der Waals surface area contributed by atoms with Gasteiger partial charge in [-0.25, -0.2) is 4.79 Å². The molecule has 0 spiro atoms. The molecule has 0 heterocycles. The average molecular weight is 475 g/mol. The number of hydrogen-bond donors (Lipinski definition) is 2. The Hall–Kier alpha value is -3.52. The van der Waals surface area contributed by atoms with E-state index >= 15 is 0 Å². The Morgan fingerprint density at radius 3 is 2.30 bits per heavy atom. The predicted molar refractivity (Wildman–Crippen MR) is 127 cm³/mol. The van der Waals surface area contributed by atoms with Gasteiger partial charge in [-0.15, -0.1) is 0 Å². The Morgan fingerprint density at radius 1 is 1.03 bits per heavy atom. The maximum absolute atomic E-state index is 12.5. The molecular formula is C24H27ClN2O6. The van der Waals surface area contributed by atoms with Crippen LogP contribution in [0.1, 0.15) is 25.0 Å². The van der Waals surface area contributed by atoms with Crippen LogP contribution in [0.25, 0.3) is 6.08 Å². The minimum Gasteiger partial charge on any atom is -0.497 e. The van der Waals surface area contributed by atoms with Crippen LogP contribution in [0, 0.1) is 6.92 Å². The van der Waals surface area contributed by atoms with Crippen molar-refractivity contribution in [1.82, 2.24) is 5.32 Å². The van der Waals surface area contributed by atoms with E-state index in [2.05, 4.69) is 10.6 Å². The van der Waals surface area contributed by atoms with Crippen molar-refractivity contribution in [1.29, 1.82) is 0 Å². The second-order valence-corrected chi connectivity index (χ2v) is 7.61. The summed E-state index contributed by atoms with van der Waals surface area (Å²) in [7, 11) is 3.02. The Morgan fingerprint density at radius 2 is 1.70 bits per heavy atom. The lowest BCUT2D eigenvalue weighted by molar-refractivity contribution is -0.155. The lowest BCUT2D eigenvalue weighted by Gasteiger charge is -2.18. The quantitative estimate of drug-likeness (QED) is 0.424. The first kappa shape index (κ1) is 25.7. The maximum atomic E-state index is 12.5. The number of carbonyl (C=O) groups excluding carboxylic acids is 3. The SMILES string of the molecule is COc1ccc(/C=C/C(=O)N[C@@H](C)C(=O)OC(C)C(=O)Nc2cc(C)c(Cl)cc2OC)cc1. The van der Waals surface area contributed by atoms with Crippen molar-refractivity contribution in [3.05, 3.63) is 58.6 Å². The lowest BCUT2D eigenvalue weighted by Crippen LogP contribution is -2.41. The van der Waals surface area contributed by atoms with Crippen LogP contribution in [-0.4, -0.2) is 44.1 Å². The van der Waals surface area contributed by atoms with E-state index in [9.17, 15) is 14.4 Å². The number of rotatable bonds is 9. The van der Waals surface area contributed by atoms with Crippen LogP contribution in [0.5, 0.6) is 11.5 Å². The Balaban J connectivity index is 1.90. The number of carbonyl (C=O) groups is 3. The Labute approximate surface area is 197 Å². The summed E-state index contributed by atoms with van der Waals surface area (Å²) in [5, 5.41) is 5.66. The van der Waals surface area contributed by atoms with Gasteiger partial charge in [-0.05, 0) is 56.2 Å². The number of amides is 2. The maximum Gasteiger partial charge on any atom is 0.329 e. The minimum atomic E-state index is -1.10. The Kier molecular flexibility index (Phi) is 9.30. The molecule has 0 radical (unpaired) electrons. The van der Waals surface area contributed by atoms with Crippen LogP contribution in [0.3, 0.4) is 0 Å². The van der Waals surface area contributed by atoms with Gasteiger partial charge >= 0.3 is 5.97 Å². The van der Waals surface area contributed by atoms with Crippen molar-refractivity contribution >= 4 is 41.1 Å². The lowest BCUT2D eigenvalue weighted by atomic mass is 10.2. The smallest absolute Gasteiger partial charge is 0.329 e. The third-order valence-corrected chi connectivity index (χ3v) is 5.06. The van der Waals surface area contributed by atoms with Crippen molar-refractivity contribution in [3.63, 3.8) is 0 Å². The van der Waals surface area contributed by atoms with Gasteiger partial charge in [0.05, 0.1) is 19.9 Å². The number of ether oxygens (including phenoxy) is 3. The number of halogens is 1. The molecule has 1 unspecified atom stereocenters. The van der Waals surface area contributed by atoms with Gasteiger partial charge in [0, 0.05) is 17.2 Å². The molecule has 2 aromatic rings. The van der Waals surface area contributed by atoms with E-state index in [-0.39, 0.29) is 0 Å². The van der Waals surface area contributed by atoms with Gasteiger partial charge in [-0.2, -0.15) is 0 Å². The van der Waals surface area contributed by atoms with E-state index in [1.165, 1.54) is 27.0 Å². The number of methoxy groups -OCH3 is 2. The molecule has 0 aromatic heterocycles. The van der Waals surface area contributed by atoms with Gasteiger partial charge in [0.1, 0.15) is 17.5 Å². The molecule has 9 heteroatoms. The highest BCUT2D eigenvalue weighted by molar-refractivity contribution is 6.31. The fourth-order valence-electron chi connectivity index (χ4n) is 2.70. The molecule has 176 valence electrons. The molecule has 0 aliphatic rings. The summed E-state index contributed by atoms with van der Waals surface area (Å²) < 4.78 is 15.5. The summed E-state index contributed by atoms with van der Waals surface area (Å²) in [6.45, 7) is 4.69. The van der Waals surface area contributed by atoms with Gasteiger partial charge < -0.3 is 24.8 Å². The number of esters is 1. The van der Waals surface area contributed by atoms with Crippen LogP contribution in [0.2, 0.25) is 5.02 Å². The van der Waals surface area contributed by atoms with Gasteiger partial charge in [0.25, 0.3) is 5.91 Å². The van der Waals surface area contributed by atoms with Crippen LogP contribution >= 0.6 is 11.6 Å². The van der Waals surface area contributed by atoms with E-state index in [0.717, 1.165) is 11.1 Å². The molecule has 2 atom stereocenters. The minimum absolute atomic E-state index is 0.377. The van der Waals surface area contributed by atoms with Crippen molar-refractivity contribution in [2.45, 2.75) is 32.9 Å². The molecule has 33 heavy (non-hydrogen) atoms. The van der Waals surface area contributed by atoms with Gasteiger partial charge in [0.15, 0.2) is 6.10 Å². The molecule has 0 saturated heterocycles.